The van der Waals surface area contributed by atoms with E-state index in [2.05, 4.69) is 17.1 Å². The van der Waals surface area contributed by atoms with Crippen molar-refractivity contribution in [3.05, 3.63) is 0 Å². The van der Waals surface area contributed by atoms with Gasteiger partial charge in [0.1, 0.15) is 5.54 Å². The van der Waals surface area contributed by atoms with Crippen LogP contribution >= 0.6 is 0 Å². The van der Waals surface area contributed by atoms with Gasteiger partial charge in [-0.15, -0.1) is 0 Å². The molecule has 0 aliphatic rings. The fraction of sp³-hybridized carbons (Fsp3) is 0.909. The second-order valence-corrected chi connectivity index (χ2v) is 4.45. The van der Waals surface area contributed by atoms with Crippen molar-refractivity contribution in [3.63, 3.8) is 0 Å². The first-order valence-corrected chi connectivity index (χ1v) is 5.40. The number of nitrogens with zero attached hydrogens (tertiary/aromatic N) is 1. The van der Waals surface area contributed by atoms with Crippen LogP contribution in [0, 0.1) is 0 Å². The normalized spacial score (nSPS) is 15.5. The average molecular weight is 216 g/mol. The molecule has 0 saturated heterocycles. The van der Waals surface area contributed by atoms with Gasteiger partial charge in [-0.25, -0.2) is 0 Å². The highest BCUT2D eigenvalue weighted by molar-refractivity contribution is 5.80. The summed E-state index contributed by atoms with van der Waals surface area (Å²) in [6.45, 7) is 9.54. The van der Waals surface area contributed by atoms with Gasteiger partial charge in [-0.2, -0.15) is 0 Å². The first-order valence-electron chi connectivity index (χ1n) is 5.40. The average Bonchev–Trinajstić information content (AvgIpc) is 2.14. The molecule has 0 saturated carbocycles. The van der Waals surface area contributed by atoms with Crippen LogP contribution in [-0.4, -0.2) is 49.7 Å². The van der Waals surface area contributed by atoms with Gasteiger partial charge in [-0.3, -0.25) is 10.1 Å². The first-order chi connectivity index (χ1) is 6.85. The molecule has 0 aliphatic carbocycles. The maximum Gasteiger partial charge on any atom is 0.327 e. The Morgan fingerprint density at radius 2 is 2.07 bits per heavy atom. The van der Waals surface area contributed by atoms with Crippen LogP contribution in [-0.2, 0) is 9.53 Å². The van der Waals surface area contributed by atoms with Crippen LogP contribution < -0.4 is 5.32 Å². The molecule has 0 aromatic rings. The third kappa shape index (κ3) is 4.62. The van der Waals surface area contributed by atoms with Gasteiger partial charge < -0.3 is 9.64 Å². The predicted molar refractivity (Wildman–Crippen MR) is 61.9 cm³/mol. The number of esters is 1. The number of carbonyl (C=O) groups is 1. The van der Waals surface area contributed by atoms with Gasteiger partial charge in [0.05, 0.1) is 7.11 Å². The Morgan fingerprint density at radius 1 is 1.53 bits per heavy atom. The Labute approximate surface area is 93.0 Å². The van der Waals surface area contributed by atoms with Crippen LogP contribution in [0.1, 0.15) is 27.7 Å². The van der Waals surface area contributed by atoms with Crippen molar-refractivity contribution in [2.24, 2.45) is 0 Å². The Bertz CT molecular complexity index is 207. The van der Waals surface area contributed by atoms with Crippen LogP contribution in [0.2, 0.25) is 0 Å². The lowest BCUT2D eigenvalue weighted by Gasteiger charge is -2.33. The van der Waals surface area contributed by atoms with Gasteiger partial charge in [-0.05, 0) is 34.4 Å². The van der Waals surface area contributed by atoms with Gasteiger partial charge in [0.15, 0.2) is 0 Å². The summed E-state index contributed by atoms with van der Waals surface area (Å²) >= 11 is 0. The molecular formula is C11H24N2O2. The van der Waals surface area contributed by atoms with E-state index in [4.69, 9.17) is 4.74 Å². The lowest BCUT2D eigenvalue weighted by molar-refractivity contribution is -0.149. The van der Waals surface area contributed by atoms with Crippen molar-refractivity contribution in [2.45, 2.75) is 39.3 Å². The van der Waals surface area contributed by atoms with E-state index < -0.39 is 5.54 Å². The third-order valence-corrected chi connectivity index (χ3v) is 2.37. The van der Waals surface area contributed by atoms with Gasteiger partial charge in [-0.1, -0.05) is 6.92 Å². The van der Waals surface area contributed by atoms with E-state index in [0.717, 1.165) is 6.54 Å². The highest BCUT2D eigenvalue weighted by Gasteiger charge is 2.35. The fourth-order valence-electron chi connectivity index (χ4n) is 1.68. The number of methoxy groups -OCH3 is 1. The molecule has 1 atom stereocenters. The fourth-order valence-corrected chi connectivity index (χ4v) is 1.68. The maximum absolute atomic E-state index is 11.7. The highest BCUT2D eigenvalue weighted by atomic mass is 16.5. The van der Waals surface area contributed by atoms with E-state index in [9.17, 15) is 4.79 Å². The third-order valence-electron chi connectivity index (χ3n) is 2.37. The number of likely N-dealkylation sites (N-methyl/N-ethyl adjacent to an activating group) is 1. The van der Waals surface area contributed by atoms with E-state index >= 15 is 0 Å². The van der Waals surface area contributed by atoms with E-state index in [1.165, 1.54) is 7.11 Å². The largest absolute Gasteiger partial charge is 0.468 e. The van der Waals surface area contributed by atoms with Crippen molar-refractivity contribution in [1.82, 2.24) is 10.2 Å². The molecule has 0 aliphatic heterocycles. The molecule has 90 valence electrons. The molecular weight excluding hydrogens is 192 g/mol. The zero-order valence-corrected chi connectivity index (χ0v) is 10.8. The molecule has 4 nitrogen and oxygen atoms in total. The lowest BCUT2D eigenvalue weighted by atomic mass is 10.0. The second kappa shape index (κ2) is 6.08. The van der Waals surface area contributed by atoms with Crippen molar-refractivity contribution in [1.29, 1.82) is 0 Å². The SMILES string of the molecule is CCN(C)CC(C)(NC(C)C)C(=O)OC. The van der Waals surface area contributed by atoms with Crippen molar-refractivity contribution in [2.75, 3.05) is 27.2 Å². The molecule has 0 spiro atoms. The van der Waals surface area contributed by atoms with Gasteiger partial charge in [0, 0.05) is 12.6 Å². The van der Waals surface area contributed by atoms with Gasteiger partial charge >= 0.3 is 5.97 Å². The molecule has 4 heteroatoms. The van der Waals surface area contributed by atoms with Gasteiger partial charge in [0.25, 0.3) is 0 Å². The molecule has 0 fully saturated rings. The topological polar surface area (TPSA) is 41.6 Å². The van der Waals surface area contributed by atoms with Crippen LogP contribution in [0.4, 0.5) is 0 Å². The molecule has 0 bridgehead atoms. The lowest BCUT2D eigenvalue weighted by Crippen LogP contribution is -2.58. The number of hydrogen-bond acceptors (Lipinski definition) is 4. The number of hydrogen-bond donors (Lipinski definition) is 1. The minimum Gasteiger partial charge on any atom is -0.468 e. The van der Waals surface area contributed by atoms with Crippen LogP contribution in [0.15, 0.2) is 0 Å². The minimum absolute atomic E-state index is 0.212. The summed E-state index contributed by atoms with van der Waals surface area (Å²) < 4.78 is 4.83. The smallest absolute Gasteiger partial charge is 0.327 e. The molecule has 0 aromatic heterocycles. The summed E-state index contributed by atoms with van der Waals surface area (Å²) in [4.78, 5) is 13.8. The first kappa shape index (κ1) is 14.4. The summed E-state index contributed by atoms with van der Waals surface area (Å²) in [5.74, 6) is -0.212. The Balaban J connectivity index is 4.61. The highest BCUT2D eigenvalue weighted by Crippen LogP contribution is 2.09. The summed E-state index contributed by atoms with van der Waals surface area (Å²) in [5.41, 5.74) is -0.631. The minimum atomic E-state index is -0.631. The summed E-state index contributed by atoms with van der Waals surface area (Å²) in [7, 11) is 3.41. The zero-order chi connectivity index (χ0) is 12.1. The maximum atomic E-state index is 11.7. The molecule has 0 heterocycles. The molecule has 0 radical (unpaired) electrons. The van der Waals surface area contributed by atoms with Crippen LogP contribution in [0.25, 0.3) is 0 Å². The van der Waals surface area contributed by atoms with Crippen LogP contribution in [0.3, 0.4) is 0 Å². The van der Waals surface area contributed by atoms with E-state index in [-0.39, 0.29) is 12.0 Å². The molecule has 1 N–H and O–H groups in total. The summed E-state index contributed by atoms with van der Waals surface area (Å²) in [5, 5.41) is 3.26. The monoisotopic (exact) mass is 216 g/mol. The Kier molecular flexibility index (Phi) is 5.83. The van der Waals surface area contributed by atoms with Crippen LogP contribution in [0.5, 0.6) is 0 Å². The summed E-state index contributed by atoms with van der Waals surface area (Å²) in [6.07, 6.45) is 0. The predicted octanol–water partition coefficient (Wildman–Crippen LogP) is 0.868. The number of ether oxygens (including phenoxy) is 1. The van der Waals surface area contributed by atoms with E-state index in [1.807, 2.05) is 27.8 Å². The zero-order valence-electron chi connectivity index (χ0n) is 10.8. The molecule has 0 amide bonds. The Morgan fingerprint density at radius 3 is 2.40 bits per heavy atom. The number of carbonyl (C=O) groups excluding carboxylic acids is 1. The van der Waals surface area contributed by atoms with Crippen molar-refractivity contribution in [3.8, 4) is 0 Å². The molecule has 0 rings (SSSR count). The van der Waals surface area contributed by atoms with E-state index in [0.29, 0.717) is 6.54 Å². The summed E-state index contributed by atoms with van der Waals surface area (Å²) in [6, 6.07) is 0.249. The van der Waals surface area contributed by atoms with Crippen molar-refractivity contribution >= 4 is 5.97 Å². The van der Waals surface area contributed by atoms with Crippen molar-refractivity contribution < 1.29 is 9.53 Å². The number of rotatable bonds is 6. The standard InChI is InChI=1S/C11H24N2O2/c1-7-13(5)8-11(4,10(14)15-6)12-9(2)3/h9,12H,7-8H2,1-6H3. The second-order valence-electron chi connectivity index (χ2n) is 4.45. The van der Waals surface area contributed by atoms with E-state index in [1.54, 1.807) is 0 Å². The number of nitrogens with one attached hydrogen (secondary N) is 1. The van der Waals surface area contributed by atoms with Gasteiger partial charge in [0.2, 0.25) is 0 Å². The molecule has 0 aromatic carbocycles. The Hall–Kier alpha value is -0.610. The quantitative estimate of drug-likeness (QED) is 0.669. The molecule has 1 unspecified atom stereocenters. The molecule has 15 heavy (non-hydrogen) atoms.